The van der Waals surface area contributed by atoms with Crippen LogP contribution >= 0.6 is 11.3 Å². The predicted octanol–water partition coefficient (Wildman–Crippen LogP) is 2.82. The maximum absolute atomic E-state index is 5.14. The van der Waals surface area contributed by atoms with Crippen LogP contribution in [0.2, 0.25) is 0 Å². The summed E-state index contributed by atoms with van der Waals surface area (Å²) in [6.07, 6.45) is 0. The van der Waals surface area contributed by atoms with Crippen LogP contribution in [0.15, 0.2) is 11.4 Å². The molecule has 0 amide bonds. The van der Waals surface area contributed by atoms with E-state index in [1.165, 1.54) is 0 Å². The number of fused-ring (bicyclic) bond motifs is 1. The summed E-state index contributed by atoms with van der Waals surface area (Å²) in [5.41, 5.74) is 0. The van der Waals surface area contributed by atoms with Gasteiger partial charge >= 0.3 is 0 Å². The van der Waals surface area contributed by atoms with Crippen LogP contribution in [0.25, 0.3) is 10.2 Å². The van der Waals surface area contributed by atoms with Gasteiger partial charge in [0.15, 0.2) is 0 Å². The lowest BCUT2D eigenvalue weighted by molar-refractivity contribution is 0.164. The third-order valence-electron chi connectivity index (χ3n) is 2.73. The van der Waals surface area contributed by atoms with E-state index >= 15 is 0 Å². The zero-order valence-corrected chi connectivity index (χ0v) is 12.4. The highest BCUT2D eigenvalue weighted by Crippen LogP contribution is 2.26. The molecule has 2 rings (SSSR count). The lowest BCUT2D eigenvalue weighted by Gasteiger charge is -2.13. The van der Waals surface area contributed by atoms with E-state index in [1.807, 2.05) is 12.3 Å². The quantitative estimate of drug-likeness (QED) is 0.816. The Kier molecular flexibility index (Phi) is 4.93. The molecule has 1 unspecified atom stereocenters. The number of methoxy groups -OCH3 is 1. The summed E-state index contributed by atoms with van der Waals surface area (Å²) in [5.74, 6) is 2.01. The van der Waals surface area contributed by atoms with Crippen LogP contribution in [0.1, 0.15) is 13.8 Å². The van der Waals surface area contributed by atoms with Crippen molar-refractivity contribution in [2.24, 2.45) is 5.92 Å². The number of hydrogen-bond acceptors (Lipinski definition) is 6. The average Bonchev–Trinajstić information content (AvgIpc) is 2.85. The van der Waals surface area contributed by atoms with Crippen LogP contribution in [-0.2, 0) is 4.74 Å². The molecule has 6 heteroatoms. The smallest absolute Gasteiger partial charge is 0.226 e. The maximum atomic E-state index is 5.14. The summed E-state index contributed by atoms with van der Waals surface area (Å²) >= 11 is 1.63. The monoisotopic (exact) mass is 280 g/mol. The van der Waals surface area contributed by atoms with E-state index in [9.17, 15) is 0 Å². The fraction of sp³-hybridized carbons (Fsp3) is 0.538. The fourth-order valence-electron chi connectivity index (χ4n) is 1.84. The van der Waals surface area contributed by atoms with Gasteiger partial charge < -0.3 is 15.4 Å². The molecule has 0 aliphatic rings. The number of aromatic nitrogens is 2. The second-order valence-electron chi connectivity index (χ2n) is 4.51. The molecule has 104 valence electrons. The molecule has 5 nitrogen and oxygen atoms in total. The Morgan fingerprint density at radius 3 is 2.95 bits per heavy atom. The Bertz CT molecular complexity index is 528. The minimum atomic E-state index is 0.441. The van der Waals surface area contributed by atoms with Gasteiger partial charge in [0, 0.05) is 20.2 Å². The molecular formula is C13H20N4OS. The largest absolute Gasteiger partial charge is 0.384 e. The first kappa shape index (κ1) is 14.0. The zero-order valence-electron chi connectivity index (χ0n) is 11.6. The topological polar surface area (TPSA) is 59.1 Å². The van der Waals surface area contributed by atoms with E-state index in [4.69, 9.17) is 4.74 Å². The maximum Gasteiger partial charge on any atom is 0.226 e. The SMILES string of the molecule is CCNc1nc(NCC(C)COC)c2ccsc2n1. The average molecular weight is 280 g/mol. The fourth-order valence-corrected chi connectivity index (χ4v) is 2.61. The lowest BCUT2D eigenvalue weighted by atomic mass is 10.2. The van der Waals surface area contributed by atoms with Crippen molar-refractivity contribution in [3.8, 4) is 0 Å². The molecule has 0 aliphatic heterocycles. The lowest BCUT2D eigenvalue weighted by Crippen LogP contribution is -2.17. The Morgan fingerprint density at radius 1 is 1.37 bits per heavy atom. The van der Waals surface area contributed by atoms with Crippen molar-refractivity contribution in [3.63, 3.8) is 0 Å². The third kappa shape index (κ3) is 3.54. The van der Waals surface area contributed by atoms with Gasteiger partial charge in [-0.05, 0) is 24.3 Å². The highest BCUT2D eigenvalue weighted by Gasteiger charge is 2.09. The van der Waals surface area contributed by atoms with Crippen molar-refractivity contribution in [2.45, 2.75) is 13.8 Å². The molecule has 0 saturated carbocycles. The second-order valence-corrected chi connectivity index (χ2v) is 5.40. The normalized spacial score (nSPS) is 12.6. The van der Waals surface area contributed by atoms with Gasteiger partial charge in [0.1, 0.15) is 10.6 Å². The molecule has 0 aromatic carbocycles. The molecule has 0 spiro atoms. The van der Waals surface area contributed by atoms with E-state index in [1.54, 1.807) is 18.4 Å². The Labute approximate surface area is 117 Å². The number of anilines is 2. The van der Waals surface area contributed by atoms with Crippen molar-refractivity contribution in [3.05, 3.63) is 11.4 Å². The number of rotatable bonds is 7. The van der Waals surface area contributed by atoms with Gasteiger partial charge in [-0.15, -0.1) is 11.3 Å². The first-order valence-electron chi connectivity index (χ1n) is 6.46. The van der Waals surface area contributed by atoms with E-state index in [0.29, 0.717) is 11.9 Å². The molecule has 0 aliphatic carbocycles. The van der Waals surface area contributed by atoms with Gasteiger partial charge in [0.2, 0.25) is 5.95 Å². The molecule has 2 aromatic rings. The number of thiophene rings is 1. The molecule has 2 aromatic heterocycles. The molecule has 0 fully saturated rings. The van der Waals surface area contributed by atoms with Gasteiger partial charge in [-0.25, -0.2) is 4.98 Å². The summed E-state index contributed by atoms with van der Waals surface area (Å²) < 4.78 is 5.14. The van der Waals surface area contributed by atoms with Crippen LogP contribution in [0, 0.1) is 5.92 Å². The number of nitrogens with zero attached hydrogens (tertiary/aromatic N) is 2. The first-order valence-corrected chi connectivity index (χ1v) is 7.34. The van der Waals surface area contributed by atoms with Crippen LogP contribution < -0.4 is 10.6 Å². The van der Waals surface area contributed by atoms with Gasteiger partial charge in [0.25, 0.3) is 0 Å². The predicted molar refractivity (Wildman–Crippen MR) is 81.1 cm³/mol. The van der Waals surface area contributed by atoms with E-state index in [-0.39, 0.29) is 0 Å². The Balaban J connectivity index is 2.17. The second kappa shape index (κ2) is 6.68. The van der Waals surface area contributed by atoms with Crippen LogP contribution in [0.4, 0.5) is 11.8 Å². The molecule has 19 heavy (non-hydrogen) atoms. The Hall–Kier alpha value is -1.40. The molecule has 0 bridgehead atoms. The third-order valence-corrected chi connectivity index (χ3v) is 3.54. The summed E-state index contributed by atoms with van der Waals surface area (Å²) in [7, 11) is 1.72. The van der Waals surface area contributed by atoms with Crippen LogP contribution in [-0.4, -0.2) is 36.8 Å². The molecule has 0 radical (unpaired) electrons. The number of nitrogens with one attached hydrogen (secondary N) is 2. The first-order chi connectivity index (χ1) is 9.24. The molecular weight excluding hydrogens is 260 g/mol. The van der Waals surface area contributed by atoms with Gasteiger partial charge in [-0.1, -0.05) is 6.92 Å². The Morgan fingerprint density at radius 2 is 2.21 bits per heavy atom. The van der Waals surface area contributed by atoms with Crippen molar-refractivity contribution in [2.75, 3.05) is 37.4 Å². The van der Waals surface area contributed by atoms with Crippen molar-refractivity contribution in [1.29, 1.82) is 0 Å². The van der Waals surface area contributed by atoms with E-state index < -0.39 is 0 Å². The summed E-state index contributed by atoms with van der Waals surface area (Å²) in [6.45, 7) is 6.58. The van der Waals surface area contributed by atoms with Crippen LogP contribution in [0.5, 0.6) is 0 Å². The van der Waals surface area contributed by atoms with Gasteiger partial charge in [-0.2, -0.15) is 4.98 Å². The van der Waals surface area contributed by atoms with Crippen molar-refractivity contribution >= 4 is 33.3 Å². The van der Waals surface area contributed by atoms with Crippen molar-refractivity contribution in [1.82, 2.24) is 9.97 Å². The molecule has 1 atom stereocenters. The van der Waals surface area contributed by atoms with Crippen LogP contribution in [0.3, 0.4) is 0 Å². The van der Waals surface area contributed by atoms with Gasteiger partial charge in [0.05, 0.1) is 12.0 Å². The number of hydrogen-bond donors (Lipinski definition) is 2. The summed E-state index contributed by atoms with van der Waals surface area (Å²) in [6, 6.07) is 2.05. The highest BCUT2D eigenvalue weighted by molar-refractivity contribution is 7.16. The minimum absolute atomic E-state index is 0.441. The number of ether oxygens (including phenoxy) is 1. The molecule has 2 N–H and O–H groups in total. The summed E-state index contributed by atoms with van der Waals surface area (Å²) in [4.78, 5) is 10.0. The molecule has 0 saturated heterocycles. The van der Waals surface area contributed by atoms with Gasteiger partial charge in [-0.3, -0.25) is 0 Å². The van der Waals surface area contributed by atoms with E-state index in [0.717, 1.165) is 35.7 Å². The summed E-state index contributed by atoms with van der Waals surface area (Å²) in [5, 5.41) is 9.68. The highest BCUT2D eigenvalue weighted by atomic mass is 32.1. The minimum Gasteiger partial charge on any atom is -0.384 e. The van der Waals surface area contributed by atoms with Crippen molar-refractivity contribution < 1.29 is 4.74 Å². The zero-order chi connectivity index (χ0) is 13.7. The molecule has 2 heterocycles. The van der Waals surface area contributed by atoms with E-state index in [2.05, 4.69) is 33.6 Å². The standard InChI is InChI=1S/C13H20N4OS/c1-4-14-13-16-11(15-7-9(2)8-18-3)10-5-6-19-12(10)17-13/h5-6,9H,4,7-8H2,1-3H3,(H2,14,15,16,17).